The SMILES string of the molecule is CN=C(NCc1nccn1CC(C)C)N1CCC(C(=O)OC)CC1. The molecule has 2 heterocycles. The van der Waals surface area contributed by atoms with Crippen LogP contribution in [-0.4, -0.2) is 53.6 Å². The van der Waals surface area contributed by atoms with Gasteiger partial charge in [-0.25, -0.2) is 4.98 Å². The molecular formula is C17H29N5O2. The van der Waals surface area contributed by atoms with Gasteiger partial charge in [0, 0.05) is 39.1 Å². The van der Waals surface area contributed by atoms with Crippen molar-refractivity contribution in [3.05, 3.63) is 18.2 Å². The zero-order chi connectivity index (χ0) is 17.5. The molecule has 1 aliphatic heterocycles. The highest BCUT2D eigenvalue weighted by atomic mass is 16.5. The molecule has 7 nitrogen and oxygen atoms in total. The van der Waals surface area contributed by atoms with Gasteiger partial charge in [-0.3, -0.25) is 9.79 Å². The molecule has 1 aromatic heterocycles. The minimum absolute atomic E-state index is 0.00861. The molecule has 0 amide bonds. The van der Waals surface area contributed by atoms with E-state index in [2.05, 4.69) is 38.6 Å². The molecule has 1 fully saturated rings. The van der Waals surface area contributed by atoms with Crippen LogP contribution in [0.4, 0.5) is 0 Å². The van der Waals surface area contributed by atoms with E-state index in [1.807, 2.05) is 12.4 Å². The lowest BCUT2D eigenvalue weighted by Gasteiger charge is -2.33. The van der Waals surface area contributed by atoms with Crippen molar-refractivity contribution in [2.75, 3.05) is 27.2 Å². The lowest BCUT2D eigenvalue weighted by Crippen LogP contribution is -2.46. The maximum atomic E-state index is 11.6. The van der Waals surface area contributed by atoms with E-state index in [0.717, 1.165) is 44.3 Å². The van der Waals surface area contributed by atoms with Gasteiger partial charge in [0.05, 0.1) is 19.6 Å². The number of hydrogen-bond acceptors (Lipinski definition) is 4. The molecule has 1 saturated heterocycles. The number of carbonyl (C=O) groups is 1. The predicted molar refractivity (Wildman–Crippen MR) is 93.6 cm³/mol. The topological polar surface area (TPSA) is 71.8 Å². The summed E-state index contributed by atoms with van der Waals surface area (Å²) in [5.74, 6) is 2.35. The van der Waals surface area contributed by atoms with Gasteiger partial charge in [-0.1, -0.05) is 13.8 Å². The molecule has 1 aromatic rings. The predicted octanol–water partition coefficient (Wildman–Crippen LogP) is 1.50. The van der Waals surface area contributed by atoms with E-state index in [1.54, 1.807) is 7.05 Å². The van der Waals surface area contributed by atoms with Crippen molar-refractivity contribution in [1.82, 2.24) is 19.8 Å². The first-order valence-corrected chi connectivity index (χ1v) is 8.58. The monoisotopic (exact) mass is 335 g/mol. The Morgan fingerprint density at radius 1 is 1.46 bits per heavy atom. The molecule has 2 rings (SSSR count). The summed E-state index contributed by atoms with van der Waals surface area (Å²) < 4.78 is 7.01. The highest BCUT2D eigenvalue weighted by Gasteiger charge is 2.27. The van der Waals surface area contributed by atoms with Crippen LogP contribution in [0.1, 0.15) is 32.5 Å². The molecule has 7 heteroatoms. The van der Waals surface area contributed by atoms with Gasteiger partial charge in [0.15, 0.2) is 5.96 Å². The van der Waals surface area contributed by atoms with Crippen LogP contribution in [0.15, 0.2) is 17.4 Å². The molecule has 1 aliphatic rings. The lowest BCUT2D eigenvalue weighted by atomic mass is 9.97. The molecule has 0 bridgehead atoms. The standard InChI is InChI=1S/C17H29N5O2/c1-13(2)12-22-10-7-19-15(22)11-20-17(18-3)21-8-5-14(6-9-21)16(23)24-4/h7,10,13-14H,5-6,8-9,11-12H2,1-4H3,(H,18,20). The maximum Gasteiger partial charge on any atom is 0.308 e. The summed E-state index contributed by atoms with van der Waals surface area (Å²) >= 11 is 0. The minimum atomic E-state index is -0.103. The molecule has 0 spiro atoms. The first-order valence-electron chi connectivity index (χ1n) is 8.58. The van der Waals surface area contributed by atoms with Gasteiger partial charge in [-0.15, -0.1) is 0 Å². The van der Waals surface area contributed by atoms with Crippen LogP contribution in [0.2, 0.25) is 0 Å². The number of methoxy groups -OCH3 is 1. The van der Waals surface area contributed by atoms with Crippen molar-refractivity contribution >= 4 is 11.9 Å². The number of likely N-dealkylation sites (tertiary alicyclic amines) is 1. The Morgan fingerprint density at radius 2 is 2.17 bits per heavy atom. The van der Waals surface area contributed by atoms with Crippen LogP contribution in [0, 0.1) is 11.8 Å². The Kier molecular flexibility index (Phi) is 6.63. The normalized spacial score (nSPS) is 16.5. The number of aliphatic imine (C=N–C) groups is 1. The molecule has 134 valence electrons. The van der Waals surface area contributed by atoms with Crippen LogP contribution in [-0.2, 0) is 22.6 Å². The zero-order valence-electron chi connectivity index (χ0n) is 15.2. The molecule has 24 heavy (non-hydrogen) atoms. The number of rotatable bonds is 5. The van der Waals surface area contributed by atoms with Crippen LogP contribution in [0.5, 0.6) is 0 Å². The van der Waals surface area contributed by atoms with E-state index in [-0.39, 0.29) is 11.9 Å². The van der Waals surface area contributed by atoms with Gasteiger partial charge < -0.3 is 19.5 Å². The van der Waals surface area contributed by atoms with E-state index >= 15 is 0 Å². The quantitative estimate of drug-likeness (QED) is 0.501. The molecule has 0 saturated carbocycles. The third kappa shape index (κ3) is 4.72. The van der Waals surface area contributed by atoms with Crippen LogP contribution in [0.25, 0.3) is 0 Å². The lowest BCUT2D eigenvalue weighted by molar-refractivity contribution is -0.146. The number of imidazole rings is 1. The average molecular weight is 335 g/mol. The number of nitrogens with zero attached hydrogens (tertiary/aromatic N) is 4. The summed E-state index contributed by atoms with van der Waals surface area (Å²) in [7, 11) is 3.24. The fourth-order valence-electron chi connectivity index (χ4n) is 3.05. The molecule has 0 atom stereocenters. The molecular weight excluding hydrogens is 306 g/mol. The second-order valence-corrected chi connectivity index (χ2v) is 6.57. The van der Waals surface area contributed by atoms with Gasteiger partial charge in [0.2, 0.25) is 0 Å². The number of carbonyl (C=O) groups excluding carboxylic acids is 1. The number of guanidine groups is 1. The van der Waals surface area contributed by atoms with Crippen molar-refractivity contribution in [3.63, 3.8) is 0 Å². The van der Waals surface area contributed by atoms with Crippen LogP contribution < -0.4 is 5.32 Å². The van der Waals surface area contributed by atoms with Crippen molar-refractivity contribution in [3.8, 4) is 0 Å². The number of ether oxygens (including phenoxy) is 1. The number of aromatic nitrogens is 2. The van der Waals surface area contributed by atoms with Crippen molar-refractivity contribution < 1.29 is 9.53 Å². The summed E-state index contributed by atoms with van der Waals surface area (Å²) in [5.41, 5.74) is 0. The van der Waals surface area contributed by atoms with Crippen molar-refractivity contribution in [2.24, 2.45) is 16.8 Å². The fraction of sp³-hybridized carbons (Fsp3) is 0.706. The number of piperidine rings is 1. The van der Waals surface area contributed by atoms with Crippen LogP contribution >= 0.6 is 0 Å². The Morgan fingerprint density at radius 3 is 2.75 bits per heavy atom. The van der Waals surface area contributed by atoms with Gasteiger partial charge in [0.1, 0.15) is 5.82 Å². The van der Waals surface area contributed by atoms with E-state index in [1.165, 1.54) is 7.11 Å². The highest BCUT2D eigenvalue weighted by molar-refractivity contribution is 5.80. The van der Waals surface area contributed by atoms with Crippen molar-refractivity contribution in [1.29, 1.82) is 0 Å². The van der Waals surface area contributed by atoms with Gasteiger partial charge >= 0.3 is 5.97 Å². The van der Waals surface area contributed by atoms with E-state index in [4.69, 9.17) is 4.74 Å². The zero-order valence-corrected chi connectivity index (χ0v) is 15.2. The molecule has 1 N–H and O–H groups in total. The van der Waals surface area contributed by atoms with Gasteiger partial charge in [0.25, 0.3) is 0 Å². The maximum absolute atomic E-state index is 11.6. The first-order chi connectivity index (χ1) is 11.5. The van der Waals surface area contributed by atoms with E-state index in [9.17, 15) is 4.79 Å². The van der Waals surface area contributed by atoms with Gasteiger partial charge in [-0.05, 0) is 18.8 Å². The summed E-state index contributed by atoms with van der Waals surface area (Å²) in [5, 5.41) is 3.39. The Bertz CT molecular complexity index is 559. The first kappa shape index (κ1) is 18.3. The van der Waals surface area contributed by atoms with E-state index < -0.39 is 0 Å². The Balaban J connectivity index is 1.88. The van der Waals surface area contributed by atoms with Crippen molar-refractivity contribution in [2.45, 2.75) is 39.8 Å². The summed E-state index contributed by atoms with van der Waals surface area (Å²) in [4.78, 5) is 22.6. The summed E-state index contributed by atoms with van der Waals surface area (Å²) in [6.07, 6.45) is 5.45. The molecule has 0 aliphatic carbocycles. The highest BCUT2D eigenvalue weighted by Crippen LogP contribution is 2.18. The smallest absolute Gasteiger partial charge is 0.308 e. The largest absolute Gasteiger partial charge is 0.469 e. The molecule has 0 unspecified atom stereocenters. The third-order valence-corrected chi connectivity index (χ3v) is 4.31. The molecule has 0 aromatic carbocycles. The molecule has 0 radical (unpaired) electrons. The van der Waals surface area contributed by atoms with E-state index in [0.29, 0.717) is 12.5 Å². The second-order valence-electron chi connectivity index (χ2n) is 6.57. The average Bonchev–Trinajstić information content (AvgIpc) is 3.01. The Hall–Kier alpha value is -2.05. The minimum Gasteiger partial charge on any atom is -0.469 e. The summed E-state index contributed by atoms with van der Waals surface area (Å²) in [6, 6.07) is 0. The Labute approximate surface area is 144 Å². The van der Waals surface area contributed by atoms with Crippen LogP contribution in [0.3, 0.4) is 0 Å². The summed E-state index contributed by atoms with van der Waals surface area (Å²) in [6.45, 7) is 7.60. The number of nitrogens with one attached hydrogen (secondary N) is 1. The number of esters is 1. The fourth-order valence-corrected chi connectivity index (χ4v) is 3.05. The second kappa shape index (κ2) is 8.70. The number of hydrogen-bond donors (Lipinski definition) is 1. The van der Waals surface area contributed by atoms with Gasteiger partial charge in [-0.2, -0.15) is 0 Å². The third-order valence-electron chi connectivity index (χ3n) is 4.31.